The van der Waals surface area contributed by atoms with Gasteiger partial charge in [0.1, 0.15) is 5.69 Å². The van der Waals surface area contributed by atoms with Crippen molar-refractivity contribution in [2.75, 3.05) is 26.2 Å². The first kappa shape index (κ1) is 14.0. The van der Waals surface area contributed by atoms with Crippen LogP contribution >= 0.6 is 12.4 Å². The minimum absolute atomic E-state index is 0. The zero-order chi connectivity index (χ0) is 11.5. The van der Waals surface area contributed by atoms with E-state index >= 15 is 0 Å². The second-order valence-corrected chi connectivity index (χ2v) is 4.19. The molecule has 6 heteroatoms. The third-order valence-corrected chi connectivity index (χ3v) is 2.85. The maximum Gasteiger partial charge on any atom is 0.272 e. The second-order valence-electron chi connectivity index (χ2n) is 4.19. The van der Waals surface area contributed by atoms with Crippen molar-refractivity contribution >= 4 is 18.3 Å². The lowest BCUT2D eigenvalue weighted by molar-refractivity contribution is 0.0755. The Balaban J connectivity index is 0.00000144. The van der Waals surface area contributed by atoms with E-state index in [9.17, 15) is 4.79 Å². The Hall–Kier alpha value is -1.07. The van der Waals surface area contributed by atoms with Gasteiger partial charge in [-0.25, -0.2) is 0 Å². The van der Waals surface area contributed by atoms with E-state index in [1.165, 1.54) is 0 Å². The molecule has 0 aromatic carbocycles. The van der Waals surface area contributed by atoms with Gasteiger partial charge in [0.15, 0.2) is 0 Å². The predicted molar refractivity (Wildman–Crippen MR) is 68.6 cm³/mol. The third-order valence-electron chi connectivity index (χ3n) is 2.85. The second kappa shape index (κ2) is 6.02. The molecule has 2 heterocycles. The highest BCUT2D eigenvalue weighted by atomic mass is 35.5. The van der Waals surface area contributed by atoms with Crippen LogP contribution in [-0.4, -0.2) is 46.8 Å². The molecule has 1 aliphatic heterocycles. The molecule has 96 valence electrons. The molecule has 1 aromatic rings. The maximum absolute atomic E-state index is 12.2. The number of rotatable bonds is 1. The van der Waals surface area contributed by atoms with Crippen LogP contribution in [0.2, 0.25) is 0 Å². The van der Waals surface area contributed by atoms with Gasteiger partial charge in [0.2, 0.25) is 0 Å². The van der Waals surface area contributed by atoms with Crippen molar-refractivity contribution in [1.82, 2.24) is 20.0 Å². The minimum Gasteiger partial charge on any atom is -0.336 e. The van der Waals surface area contributed by atoms with Gasteiger partial charge in [-0.1, -0.05) is 0 Å². The van der Waals surface area contributed by atoms with Gasteiger partial charge in [0, 0.05) is 26.7 Å². The van der Waals surface area contributed by atoms with Crippen molar-refractivity contribution in [3.63, 3.8) is 0 Å². The number of nitrogens with zero attached hydrogens (tertiary/aromatic N) is 3. The molecule has 0 radical (unpaired) electrons. The van der Waals surface area contributed by atoms with Gasteiger partial charge in [-0.3, -0.25) is 9.48 Å². The zero-order valence-electron chi connectivity index (χ0n) is 10.3. The summed E-state index contributed by atoms with van der Waals surface area (Å²) in [5.74, 6) is 0.0896. The molecule has 0 aliphatic carbocycles. The molecule has 1 aromatic heterocycles. The SMILES string of the molecule is Cc1cc(C(=O)N2CCCNCC2)n(C)n1.Cl. The summed E-state index contributed by atoms with van der Waals surface area (Å²) in [4.78, 5) is 14.1. The Morgan fingerprint density at radius 2 is 2.18 bits per heavy atom. The Morgan fingerprint density at radius 1 is 1.41 bits per heavy atom. The zero-order valence-corrected chi connectivity index (χ0v) is 11.1. The Labute approximate surface area is 108 Å². The summed E-state index contributed by atoms with van der Waals surface area (Å²) in [6.07, 6.45) is 1.02. The van der Waals surface area contributed by atoms with E-state index in [4.69, 9.17) is 0 Å². The van der Waals surface area contributed by atoms with Crippen LogP contribution < -0.4 is 5.32 Å². The standard InChI is InChI=1S/C11H18N4O.ClH/c1-9-8-10(14(2)13-9)11(16)15-6-3-4-12-5-7-15;/h8,12H,3-7H2,1-2H3;1H. The highest BCUT2D eigenvalue weighted by molar-refractivity contribution is 5.92. The van der Waals surface area contributed by atoms with Crippen molar-refractivity contribution in [2.24, 2.45) is 7.05 Å². The lowest BCUT2D eigenvalue weighted by Gasteiger charge is -2.19. The number of hydrogen-bond donors (Lipinski definition) is 1. The smallest absolute Gasteiger partial charge is 0.272 e. The van der Waals surface area contributed by atoms with E-state index < -0.39 is 0 Å². The molecule has 1 fully saturated rings. The normalized spacial score (nSPS) is 16.2. The van der Waals surface area contributed by atoms with Gasteiger partial charge in [0.05, 0.1) is 5.69 Å². The largest absolute Gasteiger partial charge is 0.336 e. The van der Waals surface area contributed by atoms with Crippen molar-refractivity contribution < 1.29 is 4.79 Å². The van der Waals surface area contributed by atoms with Gasteiger partial charge >= 0.3 is 0 Å². The highest BCUT2D eigenvalue weighted by Crippen LogP contribution is 2.07. The summed E-state index contributed by atoms with van der Waals surface area (Å²) in [5.41, 5.74) is 1.57. The molecule has 17 heavy (non-hydrogen) atoms. The molecule has 0 bridgehead atoms. The lowest BCUT2D eigenvalue weighted by Crippen LogP contribution is -2.35. The van der Waals surface area contributed by atoms with Crippen LogP contribution in [-0.2, 0) is 7.05 Å². The Bertz CT molecular complexity index is 383. The van der Waals surface area contributed by atoms with Crippen LogP contribution in [0.3, 0.4) is 0 Å². The summed E-state index contributed by atoms with van der Waals surface area (Å²) >= 11 is 0. The average molecular weight is 259 g/mol. The van der Waals surface area contributed by atoms with E-state index in [0.29, 0.717) is 5.69 Å². The summed E-state index contributed by atoms with van der Waals surface area (Å²) in [6.45, 7) is 5.39. The van der Waals surface area contributed by atoms with Gasteiger partial charge in [-0.05, 0) is 26.0 Å². The van der Waals surface area contributed by atoms with Gasteiger partial charge in [-0.15, -0.1) is 12.4 Å². The van der Waals surface area contributed by atoms with Crippen molar-refractivity contribution in [1.29, 1.82) is 0 Å². The molecule has 5 nitrogen and oxygen atoms in total. The van der Waals surface area contributed by atoms with Crippen LogP contribution in [0.5, 0.6) is 0 Å². The fourth-order valence-electron chi connectivity index (χ4n) is 2.02. The van der Waals surface area contributed by atoms with Gasteiger partial charge in [0.25, 0.3) is 5.91 Å². The number of carbonyl (C=O) groups is 1. The molecule has 1 aliphatic rings. The predicted octanol–water partition coefficient (Wildman–Crippen LogP) is 0.586. The summed E-state index contributed by atoms with van der Waals surface area (Å²) in [7, 11) is 1.82. The van der Waals surface area contributed by atoms with E-state index in [1.807, 2.05) is 24.9 Å². The monoisotopic (exact) mass is 258 g/mol. The number of carbonyl (C=O) groups excluding carboxylic acids is 1. The maximum atomic E-state index is 12.2. The summed E-state index contributed by atoms with van der Waals surface area (Å²) in [5, 5.41) is 7.49. The van der Waals surface area contributed by atoms with E-state index in [0.717, 1.165) is 38.3 Å². The van der Waals surface area contributed by atoms with E-state index in [-0.39, 0.29) is 18.3 Å². The van der Waals surface area contributed by atoms with Crippen LogP contribution in [0.4, 0.5) is 0 Å². The number of hydrogen-bond acceptors (Lipinski definition) is 3. The van der Waals surface area contributed by atoms with E-state index in [2.05, 4.69) is 10.4 Å². The summed E-state index contributed by atoms with van der Waals surface area (Å²) < 4.78 is 1.66. The number of aryl methyl sites for hydroxylation is 2. The highest BCUT2D eigenvalue weighted by Gasteiger charge is 2.20. The van der Waals surface area contributed by atoms with Crippen molar-refractivity contribution in [3.05, 3.63) is 17.5 Å². The van der Waals surface area contributed by atoms with E-state index in [1.54, 1.807) is 4.68 Å². The average Bonchev–Trinajstić information content (AvgIpc) is 2.49. The molecular formula is C11H19ClN4O. The molecular weight excluding hydrogens is 240 g/mol. The first-order chi connectivity index (χ1) is 7.68. The number of aromatic nitrogens is 2. The molecule has 1 N–H and O–H groups in total. The van der Waals surface area contributed by atoms with Crippen LogP contribution in [0.25, 0.3) is 0 Å². The van der Waals surface area contributed by atoms with Crippen LogP contribution in [0, 0.1) is 6.92 Å². The number of halogens is 1. The molecule has 0 atom stereocenters. The van der Waals surface area contributed by atoms with Crippen LogP contribution in [0.1, 0.15) is 22.6 Å². The Kier molecular flexibility index (Phi) is 4.96. The molecule has 2 rings (SSSR count). The number of amides is 1. The molecule has 0 spiro atoms. The fourth-order valence-corrected chi connectivity index (χ4v) is 2.02. The number of nitrogens with one attached hydrogen (secondary N) is 1. The van der Waals surface area contributed by atoms with Crippen LogP contribution in [0.15, 0.2) is 6.07 Å². The first-order valence-corrected chi connectivity index (χ1v) is 5.69. The fraction of sp³-hybridized carbons (Fsp3) is 0.636. The third kappa shape index (κ3) is 3.20. The first-order valence-electron chi connectivity index (χ1n) is 5.69. The molecule has 0 saturated carbocycles. The van der Waals surface area contributed by atoms with Gasteiger partial charge in [-0.2, -0.15) is 5.10 Å². The van der Waals surface area contributed by atoms with Crippen molar-refractivity contribution in [2.45, 2.75) is 13.3 Å². The van der Waals surface area contributed by atoms with Gasteiger partial charge < -0.3 is 10.2 Å². The molecule has 1 saturated heterocycles. The minimum atomic E-state index is 0. The lowest BCUT2D eigenvalue weighted by atomic mass is 10.3. The summed E-state index contributed by atoms with van der Waals surface area (Å²) in [6, 6.07) is 1.85. The quantitative estimate of drug-likeness (QED) is 0.802. The Morgan fingerprint density at radius 3 is 2.82 bits per heavy atom. The molecule has 0 unspecified atom stereocenters. The molecule has 1 amide bonds. The topological polar surface area (TPSA) is 50.2 Å². The van der Waals surface area contributed by atoms with Crippen molar-refractivity contribution in [3.8, 4) is 0 Å².